The van der Waals surface area contributed by atoms with Crippen molar-refractivity contribution in [2.45, 2.75) is 72.4 Å². The van der Waals surface area contributed by atoms with Gasteiger partial charge in [-0.25, -0.2) is 0 Å². The molecule has 0 bridgehead atoms. The van der Waals surface area contributed by atoms with Crippen molar-refractivity contribution in [3.63, 3.8) is 0 Å². The molecule has 0 aliphatic carbocycles. The fraction of sp³-hybridized carbons (Fsp3) is 1.00. The Labute approximate surface area is 144 Å². The second kappa shape index (κ2) is 7.81. The van der Waals surface area contributed by atoms with Gasteiger partial charge in [-0.15, -0.1) is 0 Å². The van der Waals surface area contributed by atoms with Crippen molar-refractivity contribution in [3.8, 4) is 0 Å². The molecule has 0 aromatic carbocycles. The second-order valence-corrected chi connectivity index (χ2v) is 9.54. The van der Waals surface area contributed by atoms with Gasteiger partial charge in [0.1, 0.15) is 0 Å². The summed E-state index contributed by atoms with van der Waals surface area (Å²) in [6.07, 6.45) is 4.09. The normalized spacial score (nSPS) is 24.3. The van der Waals surface area contributed by atoms with E-state index >= 15 is 0 Å². The number of piperidine rings is 1. The van der Waals surface area contributed by atoms with Crippen LogP contribution in [-0.2, 0) is 4.84 Å². The molecule has 0 aromatic rings. The standard InChI is InChI=1S/C19H39N3O/c1-18(2,3)9-12-20-10-7-17(8-11-20)23-22-15-13-21(14-16-22)19(4,5)6/h17H,7-16H2,1-6H3. The van der Waals surface area contributed by atoms with Crippen LogP contribution in [0.4, 0.5) is 0 Å². The molecule has 136 valence electrons. The van der Waals surface area contributed by atoms with Crippen molar-refractivity contribution < 1.29 is 4.84 Å². The zero-order valence-corrected chi connectivity index (χ0v) is 16.4. The average molecular weight is 326 g/mol. The topological polar surface area (TPSA) is 19.0 Å². The van der Waals surface area contributed by atoms with Crippen LogP contribution in [0.15, 0.2) is 0 Å². The molecule has 2 rings (SSSR count). The number of nitrogens with zero attached hydrogens (tertiary/aromatic N) is 3. The van der Waals surface area contributed by atoms with Gasteiger partial charge in [0.05, 0.1) is 6.10 Å². The summed E-state index contributed by atoms with van der Waals surface area (Å²) in [7, 11) is 0. The Balaban J connectivity index is 1.64. The molecule has 4 nitrogen and oxygen atoms in total. The number of hydrogen-bond acceptors (Lipinski definition) is 4. The summed E-state index contributed by atoms with van der Waals surface area (Å²) in [6.45, 7) is 21.9. The number of hydrogen-bond donors (Lipinski definition) is 0. The van der Waals surface area contributed by atoms with Crippen molar-refractivity contribution in [1.29, 1.82) is 0 Å². The second-order valence-electron chi connectivity index (χ2n) is 9.54. The van der Waals surface area contributed by atoms with E-state index in [2.05, 4.69) is 56.4 Å². The van der Waals surface area contributed by atoms with Crippen LogP contribution in [0.5, 0.6) is 0 Å². The number of rotatable bonds is 4. The predicted octanol–water partition coefficient (Wildman–Crippen LogP) is 3.23. The zero-order valence-electron chi connectivity index (χ0n) is 16.4. The molecule has 0 aromatic heterocycles. The SMILES string of the molecule is CC(C)(C)CCN1CCC(ON2CCN(C(C)(C)C)CC2)CC1. The fourth-order valence-electron chi connectivity index (χ4n) is 3.41. The van der Waals surface area contributed by atoms with Crippen molar-refractivity contribution >= 4 is 0 Å². The summed E-state index contributed by atoms with van der Waals surface area (Å²) in [5.74, 6) is 0. The molecule has 4 heteroatoms. The van der Waals surface area contributed by atoms with Gasteiger partial charge in [-0.1, -0.05) is 20.8 Å². The Morgan fingerprint density at radius 2 is 1.39 bits per heavy atom. The highest BCUT2D eigenvalue weighted by atomic mass is 16.7. The molecule has 0 atom stereocenters. The molecule has 23 heavy (non-hydrogen) atoms. The minimum absolute atomic E-state index is 0.282. The predicted molar refractivity (Wildman–Crippen MR) is 97.5 cm³/mol. The van der Waals surface area contributed by atoms with Gasteiger partial charge in [-0.2, -0.15) is 5.06 Å². The van der Waals surface area contributed by atoms with E-state index in [0.717, 1.165) is 26.2 Å². The Morgan fingerprint density at radius 1 is 0.826 bits per heavy atom. The molecular formula is C19H39N3O. The lowest BCUT2D eigenvalue weighted by Gasteiger charge is -2.43. The first kappa shape index (κ1) is 19.2. The summed E-state index contributed by atoms with van der Waals surface area (Å²) in [5.41, 5.74) is 0.727. The van der Waals surface area contributed by atoms with E-state index in [4.69, 9.17) is 4.84 Å². The molecule has 0 unspecified atom stereocenters. The Kier molecular flexibility index (Phi) is 6.51. The minimum Gasteiger partial charge on any atom is -0.303 e. The molecule has 2 saturated heterocycles. The van der Waals surface area contributed by atoms with E-state index in [1.165, 1.54) is 38.9 Å². The molecule has 0 radical (unpaired) electrons. The van der Waals surface area contributed by atoms with Gasteiger partial charge < -0.3 is 4.90 Å². The third-order valence-corrected chi connectivity index (χ3v) is 5.20. The maximum Gasteiger partial charge on any atom is 0.0817 e. The monoisotopic (exact) mass is 325 g/mol. The zero-order chi connectivity index (χ0) is 17.1. The summed E-state index contributed by atoms with van der Waals surface area (Å²) >= 11 is 0. The van der Waals surface area contributed by atoms with Crippen LogP contribution in [0.25, 0.3) is 0 Å². The molecule has 2 fully saturated rings. The van der Waals surface area contributed by atoms with Crippen molar-refractivity contribution in [3.05, 3.63) is 0 Å². The van der Waals surface area contributed by atoms with Crippen molar-refractivity contribution in [2.24, 2.45) is 5.41 Å². The first-order chi connectivity index (χ1) is 10.6. The van der Waals surface area contributed by atoms with E-state index in [1.807, 2.05) is 0 Å². The molecule has 0 saturated carbocycles. The van der Waals surface area contributed by atoms with Gasteiger partial charge in [0.2, 0.25) is 0 Å². The molecular weight excluding hydrogens is 286 g/mol. The molecule has 0 N–H and O–H groups in total. The lowest BCUT2D eigenvalue weighted by Crippen LogP contribution is -2.54. The highest BCUT2D eigenvalue weighted by Gasteiger charge is 2.28. The first-order valence-electron chi connectivity index (χ1n) is 9.53. The molecule has 0 spiro atoms. The van der Waals surface area contributed by atoms with Gasteiger partial charge in [0.25, 0.3) is 0 Å². The third kappa shape index (κ3) is 6.69. The van der Waals surface area contributed by atoms with Crippen LogP contribution in [-0.4, -0.2) is 72.3 Å². The maximum atomic E-state index is 6.27. The summed E-state index contributed by atoms with van der Waals surface area (Å²) in [5, 5.41) is 2.22. The quantitative estimate of drug-likeness (QED) is 0.790. The lowest BCUT2D eigenvalue weighted by atomic mass is 9.92. The number of piperazine rings is 1. The summed E-state index contributed by atoms with van der Waals surface area (Å²) < 4.78 is 0. The maximum absolute atomic E-state index is 6.27. The third-order valence-electron chi connectivity index (χ3n) is 5.20. The van der Waals surface area contributed by atoms with Gasteiger partial charge in [0, 0.05) is 44.8 Å². The van der Waals surface area contributed by atoms with Crippen LogP contribution in [0.3, 0.4) is 0 Å². The Morgan fingerprint density at radius 3 is 1.87 bits per heavy atom. The van der Waals surface area contributed by atoms with Crippen LogP contribution in [0.1, 0.15) is 60.8 Å². The minimum atomic E-state index is 0.282. The van der Waals surface area contributed by atoms with Crippen LogP contribution in [0, 0.1) is 5.41 Å². The van der Waals surface area contributed by atoms with Crippen molar-refractivity contribution in [2.75, 3.05) is 45.8 Å². The van der Waals surface area contributed by atoms with E-state index in [9.17, 15) is 0 Å². The number of hydroxylamine groups is 2. The van der Waals surface area contributed by atoms with Crippen molar-refractivity contribution in [1.82, 2.24) is 14.9 Å². The van der Waals surface area contributed by atoms with E-state index in [0.29, 0.717) is 11.5 Å². The van der Waals surface area contributed by atoms with E-state index < -0.39 is 0 Å². The molecule has 2 aliphatic heterocycles. The Hall–Kier alpha value is -0.160. The Bertz CT molecular complexity index is 343. The molecule has 2 heterocycles. The number of likely N-dealkylation sites (tertiary alicyclic amines) is 1. The van der Waals surface area contributed by atoms with Gasteiger partial charge >= 0.3 is 0 Å². The fourth-order valence-corrected chi connectivity index (χ4v) is 3.41. The largest absolute Gasteiger partial charge is 0.303 e. The van der Waals surface area contributed by atoms with Crippen LogP contribution in [0.2, 0.25) is 0 Å². The van der Waals surface area contributed by atoms with Gasteiger partial charge in [-0.05, 0) is 52.0 Å². The highest BCUT2D eigenvalue weighted by Crippen LogP contribution is 2.22. The summed E-state index contributed by atoms with van der Waals surface area (Å²) in [4.78, 5) is 11.4. The summed E-state index contributed by atoms with van der Waals surface area (Å²) in [6, 6.07) is 0. The smallest absolute Gasteiger partial charge is 0.0817 e. The van der Waals surface area contributed by atoms with E-state index in [-0.39, 0.29) is 5.54 Å². The first-order valence-corrected chi connectivity index (χ1v) is 9.53. The lowest BCUT2D eigenvalue weighted by molar-refractivity contribution is -0.224. The average Bonchev–Trinajstić information content (AvgIpc) is 2.45. The van der Waals surface area contributed by atoms with Gasteiger partial charge in [-0.3, -0.25) is 9.74 Å². The molecule has 2 aliphatic rings. The molecule has 0 amide bonds. The van der Waals surface area contributed by atoms with E-state index in [1.54, 1.807) is 0 Å². The van der Waals surface area contributed by atoms with Crippen LogP contribution >= 0.6 is 0 Å². The van der Waals surface area contributed by atoms with Gasteiger partial charge in [0.15, 0.2) is 0 Å². The highest BCUT2D eigenvalue weighted by molar-refractivity contribution is 4.81. The van der Waals surface area contributed by atoms with Crippen LogP contribution < -0.4 is 0 Å².